The lowest BCUT2D eigenvalue weighted by Crippen LogP contribution is -2.35. The smallest absolute Gasteiger partial charge is 0.266 e. The molecule has 3 aromatic heterocycles. The Hall–Kier alpha value is -2.61. The summed E-state index contributed by atoms with van der Waals surface area (Å²) in [6.07, 6.45) is 6.95. The fourth-order valence-corrected chi connectivity index (χ4v) is 4.40. The molecule has 4 heterocycles. The summed E-state index contributed by atoms with van der Waals surface area (Å²) in [5.41, 5.74) is 1.69. The molecule has 140 valence electrons. The largest absolute Gasteiger partial charge is 0.335 e. The third-order valence-corrected chi connectivity index (χ3v) is 5.89. The molecule has 1 unspecified atom stereocenters. The van der Waals surface area contributed by atoms with E-state index in [2.05, 4.69) is 20.1 Å². The minimum atomic E-state index is 0.103. The Kier molecular flexibility index (Phi) is 4.98. The van der Waals surface area contributed by atoms with Gasteiger partial charge in [0.2, 0.25) is 0 Å². The molecular formula is C19H21N5O2S. The SMILES string of the molecule is Cc1nc(C)c(C(=O)N2CCCC2CCc2noc(-c3ccncc3)n2)s1. The van der Waals surface area contributed by atoms with Crippen LogP contribution in [0.4, 0.5) is 0 Å². The molecule has 1 aliphatic rings. The Bertz CT molecular complexity index is 937. The first-order valence-electron chi connectivity index (χ1n) is 9.10. The molecule has 7 nitrogen and oxygen atoms in total. The van der Waals surface area contributed by atoms with Crippen LogP contribution in [0, 0.1) is 13.8 Å². The molecule has 0 aromatic carbocycles. The van der Waals surface area contributed by atoms with Gasteiger partial charge in [0.1, 0.15) is 4.88 Å². The second-order valence-electron chi connectivity index (χ2n) is 6.73. The number of carbonyl (C=O) groups is 1. The van der Waals surface area contributed by atoms with Gasteiger partial charge in [0.05, 0.1) is 10.7 Å². The van der Waals surface area contributed by atoms with Crippen molar-refractivity contribution in [2.24, 2.45) is 0 Å². The fraction of sp³-hybridized carbons (Fsp3) is 0.421. The van der Waals surface area contributed by atoms with Crippen LogP contribution in [0.5, 0.6) is 0 Å². The fourth-order valence-electron chi connectivity index (χ4n) is 3.53. The first-order chi connectivity index (χ1) is 13.1. The molecular weight excluding hydrogens is 362 g/mol. The van der Waals surface area contributed by atoms with E-state index in [1.807, 2.05) is 30.9 Å². The van der Waals surface area contributed by atoms with Crippen LogP contribution in [0.3, 0.4) is 0 Å². The summed E-state index contributed by atoms with van der Waals surface area (Å²) >= 11 is 1.48. The highest BCUT2D eigenvalue weighted by Crippen LogP contribution is 2.27. The highest BCUT2D eigenvalue weighted by molar-refractivity contribution is 7.13. The second kappa shape index (κ2) is 7.56. The summed E-state index contributed by atoms with van der Waals surface area (Å²) in [7, 11) is 0. The van der Waals surface area contributed by atoms with Crippen molar-refractivity contribution in [3.63, 3.8) is 0 Å². The predicted octanol–water partition coefficient (Wildman–Crippen LogP) is 3.44. The highest BCUT2D eigenvalue weighted by atomic mass is 32.1. The molecule has 3 aromatic rings. The molecule has 8 heteroatoms. The number of nitrogens with zero attached hydrogens (tertiary/aromatic N) is 5. The Morgan fingerprint density at radius 1 is 1.30 bits per heavy atom. The zero-order chi connectivity index (χ0) is 18.8. The van der Waals surface area contributed by atoms with E-state index in [1.54, 1.807) is 12.4 Å². The van der Waals surface area contributed by atoms with Gasteiger partial charge in [0, 0.05) is 37.0 Å². The lowest BCUT2D eigenvalue weighted by molar-refractivity contribution is 0.0734. The maximum Gasteiger partial charge on any atom is 0.266 e. The highest BCUT2D eigenvalue weighted by Gasteiger charge is 2.31. The molecule has 1 aliphatic heterocycles. The van der Waals surface area contributed by atoms with E-state index in [9.17, 15) is 4.79 Å². The monoisotopic (exact) mass is 383 g/mol. The van der Waals surface area contributed by atoms with Crippen molar-refractivity contribution in [2.75, 3.05) is 6.54 Å². The van der Waals surface area contributed by atoms with Gasteiger partial charge in [0.25, 0.3) is 11.8 Å². The Labute approximate surface area is 161 Å². The molecule has 1 fully saturated rings. The van der Waals surface area contributed by atoms with Crippen LogP contribution in [-0.4, -0.2) is 43.5 Å². The summed E-state index contributed by atoms with van der Waals surface area (Å²) in [6.45, 7) is 4.64. The summed E-state index contributed by atoms with van der Waals surface area (Å²) in [4.78, 5) is 28.5. The molecule has 0 spiro atoms. The summed E-state index contributed by atoms with van der Waals surface area (Å²) < 4.78 is 5.35. The minimum Gasteiger partial charge on any atom is -0.335 e. The van der Waals surface area contributed by atoms with Gasteiger partial charge in [-0.15, -0.1) is 11.3 Å². The van der Waals surface area contributed by atoms with E-state index < -0.39 is 0 Å². The topological polar surface area (TPSA) is 85.0 Å². The van der Waals surface area contributed by atoms with Crippen molar-refractivity contribution in [3.05, 3.63) is 45.9 Å². The first-order valence-corrected chi connectivity index (χ1v) is 9.91. The van der Waals surface area contributed by atoms with Crippen LogP contribution in [0.25, 0.3) is 11.5 Å². The molecule has 0 radical (unpaired) electrons. The third kappa shape index (κ3) is 3.75. The maximum absolute atomic E-state index is 12.9. The number of hydrogen-bond donors (Lipinski definition) is 0. The number of likely N-dealkylation sites (tertiary alicyclic amines) is 1. The average molecular weight is 383 g/mol. The molecule has 1 amide bonds. The van der Waals surface area contributed by atoms with Crippen molar-refractivity contribution in [1.29, 1.82) is 0 Å². The summed E-state index contributed by atoms with van der Waals surface area (Å²) in [5.74, 6) is 1.28. The van der Waals surface area contributed by atoms with E-state index in [1.165, 1.54) is 11.3 Å². The molecule has 0 saturated carbocycles. The van der Waals surface area contributed by atoms with Gasteiger partial charge in [-0.2, -0.15) is 4.98 Å². The molecule has 0 aliphatic carbocycles. The third-order valence-electron chi connectivity index (χ3n) is 4.83. The van der Waals surface area contributed by atoms with Crippen LogP contribution in [0.2, 0.25) is 0 Å². The molecule has 1 saturated heterocycles. The van der Waals surface area contributed by atoms with Crippen LogP contribution < -0.4 is 0 Å². The maximum atomic E-state index is 12.9. The van der Waals surface area contributed by atoms with Crippen LogP contribution in [-0.2, 0) is 6.42 Å². The average Bonchev–Trinajstić information content (AvgIpc) is 3.40. The molecule has 1 atom stereocenters. The van der Waals surface area contributed by atoms with E-state index >= 15 is 0 Å². The Morgan fingerprint density at radius 3 is 2.85 bits per heavy atom. The number of rotatable bonds is 5. The minimum absolute atomic E-state index is 0.103. The number of amides is 1. The first kappa shape index (κ1) is 17.8. The molecule has 0 bridgehead atoms. The molecule has 4 rings (SSSR count). The van der Waals surface area contributed by atoms with Gasteiger partial charge in [-0.3, -0.25) is 9.78 Å². The Balaban J connectivity index is 1.41. The standard InChI is InChI=1S/C19H21N5O2S/c1-12-17(27-13(2)21-12)19(25)24-11-3-4-15(24)5-6-16-22-18(26-23-16)14-7-9-20-10-8-14/h7-10,15H,3-6,11H2,1-2H3. The molecule has 0 N–H and O–H groups in total. The van der Waals surface area contributed by atoms with Gasteiger partial charge in [-0.1, -0.05) is 5.16 Å². The quantitative estimate of drug-likeness (QED) is 0.671. The van der Waals surface area contributed by atoms with Crippen LogP contribution in [0.15, 0.2) is 29.0 Å². The number of carbonyl (C=O) groups excluding carboxylic acids is 1. The van der Waals surface area contributed by atoms with Gasteiger partial charge < -0.3 is 9.42 Å². The normalized spacial score (nSPS) is 16.8. The van der Waals surface area contributed by atoms with Crippen molar-refractivity contribution < 1.29 is 9.32 Å². The number of thiazole rings is 1. The number of aromatic nitrogens is 4. The lowest BCUT2D eigenvalue weighted by atomic mass is 10.1. The van der Waals surface area contributed by atoms with Crippen molar-refractivity contribution >= 4 is 17.2 Å². The zero-order valence-electron chi connectivity index (χ0n) is 15.4. The Morgan fingerprint density at radius 2 is 2.11 bits per heavy atom. The summed E-state index contributed by atoms with van der Waals surface area (Å²) in [6, 6.07) is 3.89. The van der Waals surface area contributed by atoms with Crippen molar-refractivity contribution in [2.45, 2.75) is 45.6 Å². The summed E-state index contributed by atoms with van der Waals surface area (Å²) in [5, 5.41) is 5.01. The van der Waals surface area contributed by atoms with Gasteiger partial charge in [-0.05, 0) is 45.2 Å². The van der Waals surface area contributed by atoms with E-state index in [4.69, 9.17) is 4.52 Å². The van der Waals surface area contributed by atoms with Gasteiger partial charge in [0.15, 0.2) is 5.82 Å². The van der Waals surface area contributed by atoms with E-state index in [-0.39, 0.29) is 11.9 Å². The van der Waals surface area contributed by atoms with Crippen molar-refractivity contribution in [3.8, 4) is 11.5 Å². The van der Waals surface area contributed by atoms with Crippen LogP contribution in [0.1, 0.15) is 45.5 Å². The molecule has 27 heavy (non-hydrogen) atoms. The van der Waals surface area contributed by atoms with Gasteiger partial charge >= 0.3 is 0 Å². The van der Waals surface area contributed by atoms with Crippen LogP contribution >= 0.6 is 11.3 Å². The van der Waals surface area contributed by atoms with E-state index in [0.29, 0.717) is 18.1 Å². The second-order valence-corrected chi connectivity index (χ2v) is 7.94. The predicted molar refractivity (Wildman–Crippen MR) is 101 cm³/mol. The lowest BCUT2D eigenvalue weighted by Gasteiger charge is -2.24. The van der Waals surface area contributed by atoms with E-state index in [0.717, 1.165) is 46.9 Å². The van der Waals surface area contributed by atoms with Crippen molar-refractivity contribution in [1.82, 2.24) is 25.0 Å². The number of pyridine rings is 1. The van der Waals surface area contributed by atoms with Gasteiger partial charge in [-0.25, -0.2) is 4.98 Å². The zero-order valence-corrected chi connectivity index (χ0v) is 16.2. The number of aryl methyl sites for hydroxylation is 3. The number of hydrogen-bond acceptors (Lipinski definition) is 7.